The molecule has 0 aromatic heterocycles. The molecule has 0 saturated carbocycles. The molecule has 1 N–H and O–H groups in total. The van der Waals surface area contributed by atoms with Gasteiger partial charge < -0.3 is 9.84 Å². The third kappa shape index (κ3) is 2.01. The van der Waals surface area contributed by atoms with Crippen LogP contribution in [0.2, 0.25) is 0 Å². The van der Waals surface area contributed by atoms with E-state index >= 15 is 0 Å². The zero-order valence-corrected chi connectivity index (χ0v) is 8.34. The number of hydrogen-bond donors (Lipinski definition) is 1. The lowest BCUT2D eigenvalue weighted by Gasteiger charge is -2.01. The first-order valence-corrected chi connectivity index (χ1v) is 5.34. The monoisotopic (exact) mass is 210 g/mol. The van der Waals surface area contributed by atoms with Crippen LogP contribution in [0.25, 0.3) is 0 Å². The van der Waals surface area contributed by atoms with Crippen LogP contribution < -0.4 is 4.74 Å². The fourth-order valence-corrected chi connectivity index (χ4v) is 2.16. The van der Waals surface area contributed by atoms with Crippen molar-refractivity contribution >= 4 is 17.7 Å². The fraction of sp³-hybridized carbons (Fsp3) is 0.300. The smallest absolute Gasteiger partial charge is 0.303 e. The predicted molar refractivity (Wildman–Crippen MR) is 53.8 cm³/mol. The third-order valence-corrected chi connectivity index (χ3v) is 2.93. The molecule has 2 rings (SSSR count). The van der Waals surface area contributed by atoms with Crippen LogP contribution in [0.4, 0.5) is 0 Å². The molecule has 14 heavy (non-hydrogen) atoms. The van der Waals surface area contributed by atoms with Crippen molar-refractivity contribution in [1.82, 2.24) is 0 Å². The van der Waals surface area contributed by atoms with Crippen molar-refractivity contribution in [3.8, 4) is 5.75 Å². The van der Waals surface area contributed by atoms with Gasteiger partial charge in [-0.1, -0.05) is 17.8 Å². The molecule has 4 heteroatoms. The average Bonchev–Trinajstić information content (AvgIpc) is 2.61. The minimum atomic E-state index is -0.755. The normalized spacial score (nSPS) is 13.4. The number of ether oxygens (including phenoxy) is 1. The van der Waals surface area contributed by atoms with Crippen LogP contribution in [0.5, 0.6) is 5.75 Å². The van der Waals surface area contributed by atoms with E-state index in [0.717, 1.165) is 16.2 Å². The van der Waals surface area contributed by atoms with Crippen LogP contribution >= 0.6 is 11.8 Å². The van der Waals surface area contributed by atoms with Gasteiger partial charge in [0.2, 0.25) is 0 Å². The lowest BCUT2D eigenvalue weighted by atomic mass is 10.1. The number of carboxylic acids is 1. The summed E-state index contributed by atoms with van der Waals surface area (Å²) in [5.74, 6) is 0.820. The number of rotatable bonds is 3. The predicted octanol–water partition coefficient (Wildman–Crippen LogP) is 2.15. The third-order valence-electron chi connectivity index (χ3n) is 2.06. The van der Waals surface area contributed by atoms with Crippen LogP contribution in [0.1, 0.15) is 12.0 Å². The lowest BCUT2D eigenvalue weighted by molar-refractivity contribution is -0.136. The van der Waals surface area contributed by atoms with Gasteiger partial charge in [0.25, 0.3) is 0 Å². The Hall–Kier alpha value is -1.16. The molecule has 0 bridgehead atoms. The Labute approximate surface area is 86.1 Å². The Morgan fingerprint density at radius 2 is 2.43 bits per heavy atom. The Morgan fingerprint density at radius 1 is 1.57 bits per heavy atom. The molecule has 0 fully saturated rings. The summed E-state index contributed by atoms with van der Waals surface area (Å²) in [5.41, 5.74) is 1.06. The zero-order chi connectivity index (χ0) is 9.97. The molecule has 0 amide bonds. The van der Waals surface area contributed by atoms with Gasteiger partial charge in [0, 0.05) is 6.42 Å². The van der Waals surface area contributed by atoms with Crippen molar-refractivity contribution in [2.24, 2.45) is 0 Å². The molecule has 74 valence electrons. The highest BCUT2D eigenvalue weighted by Crippen LogP contribution is 2.36. The topological polar surface area (TPSA) is 46.5 Å². The van der Waals surface area contributed by atoms with Gasteiger partial charge in [0.15, 0.2) is 0 Å². The number of carboxylic acid groups (broad SMARTS) is 1. The summed E-state index contributed by atoms with van der Waals surface area (Å²) in [7, 11) is 0. The van der Waals surface area contributed by atoms with E-state index in [0.29, 0.717) is 12.4 Å². The molecule has 1 heterocycles. The Kier molecular flexibility index (Phi) is 2.63. The summed E-state index contributed by atoms with van der Waals surface area (Å²) in [6, 6.07) is 5.84. The zero-order valence-electron chi connectivity index (χ0n) is 7.53. The van der Waals surface area contributed by atoms with Gasteiger partial charge in [-0.25, -0.2) is 0 Å². The van der Waals surface area contributed by atoms with Crippen molar-refractivity contribution in [2.45, 2.75) is 17.7 Å². The standard InChI is InChI=1S/C10H10O3S/c11-10(12)4-2-7-1-3-8-9(5-7)14-6-13-8/h1,3,5H,2,4,6H2,(H,11,12). The van der Waals surface area contributed by atoms with Crippen molar-refractivity contribution in [3.63, 3.8) is 0 Å². The number of aliphatic carboxylic acids is 1. The van der Waals surface area contributed by atoms with Crippen LogP contribution in [-0.2, 0) is 11.2 Å². The van der Waals surface area contributed by atoms with Crippen LogP contribution in [0.15, 0.2) is 23.1 Å². The van der Waals surface area contributed by atoms with E-state index in [4.69, 9.17) is 9.84 Å². The average molecular weight is 210 g/mol. The number of thioether (sulfide) groups is 1. The molecule has 0 saturated heterocycles. The highest BCUT2D eigenvalue weighted by atomic mass is 32.2. The number of benzene rings is 1. The van der Waals surface area contributed by atoms with Crippen LogP contribution in [-0.4, -0.2) is 17.0 Å². The Morgan fingerprint density at radius 3 is 3.21 bits per heavy atom. The molecule has 1 aromatic rings. The maximum absolute atomic E-state index is 10.4. The van der Waals surface area contributed by atoms with E-state index in [9.17, 15) is 4.79 Å². The van der Waals surface area contributed by atoms with Crippen molar-refractivity contribution in [1.29, 1.82) is 0 Å². The second-order valence-electron chi connectivity index (χ2n) is 3.08. The molecule has 3 nitrogen and oxygen atoms in total. The van der Waals surface area contributed by atoms with E-state index in [1.807, 2.05) is 18.2 Å². The first-order valence-electron chi connectivity index (χ1n) is 4.36. The van der Waals surface area contributed by atoms with E-state index in [-0.39, 0.29) is 6.42 Å². The first kappa shape index (κ1) is 9.40. The Balaban J connectivity index is 2.09. The maximum atomic E-state index is 10.4. The van der Waals surface area contributed by atoms with Crippen molar-refractivity contribution in [2.75, 3.05) is 5.94 Å². The van der Waals surface area contributed by atoms with Gasteiger partial charge in [0.05, 0.1) is 4.90 Å². The quantitative estimate of drug-likeness (QED) is 0.830. The molecular weight excluding hydrogens is 200 g/mol. The fourth-order valence-electron chi connectivity index (χ4n) is 1.35. The SMILES string of the molecule is O=C(O)CCc1ccc2c(c1)SCO2. The molecule has 0 radical (unpaired) electrons. The van der Waals surface area contributed by atoms with Gasteiger partial charge in [-0.05, 0) is 24.1 Å². The summed E-state index contributed by atoms with van der Waals surface area (Å²) in [5, 5.41) is 8.54. The van der Waals surface area contributed by atoms with E-state index < -0.39 is 5.97 Å². The molecular formula is C10H10O3S. The van der Waals surface area contributed by atoms with Gasteiger partial charge >= 0.3 is 5.97 Å². The first-order chi connectivity index (χ1) is 6.75. The molecule has 1 aliphatic heterocycles. The van der Waals surface area contributed by atoms with E-state index in [1.54, 1.807) is 11.8 Å². The molecule has 1 aromatic carbocycles. The summed E-state index contributed by atoms with van der Waals surface area (Å²) in [6.45, 7) is 0. The maximum Gasteiger partial charge on any atom is 0.303 e. The van der Waals surface area contributed by atoms with Crippen LogP contribution in [0.3, 0.4) is 0 Å². The molecule has 0 spiro atoms. The summed E-state index contributed by atoms with van der Waals surface area (Å²) in [4.78, 5) is 11.5. The largest absolute Gasteiger partial charge is 0.481 e. The van der Waals surface area contributed by atoms with Gasteiger partial charge in [-0.15, -0.1) is 0 Å². The highest BCUT2D eigenvalue weighted by molar-refractivity contribution is 7.99. The second-order valence-corrected chi connectivity index (χ2v) is 4.05. The lowest BCUT2D eigenvalue weighted by Crippen LogP contribution is -1.97. The number of aryl methyl sites for hydroxylation is 1. The van der Waals surface area contributed by atoms with Gasteiger partial charge in [-0.3, -0.25) is 4.79 Å². The minimum absolute atomic E-state index is 0.185. The number of hydrogen-bond acceptors (Lipinski definition) is 3. The molecule has 0 unspecified atom stereocenters. The second kappa shape index (κ2) is 3.92. The summed E-state index contributed by atoms with van der Waals surface area (Å²) >= 11 is 1.65. The van der Waals surface area contributed by atoms with Crippen LogP contribution in [0, 0.1) is 0 Å². The minimum Gasteiger partial charge on any atom is -0.481 e. The number of fused-ring (bicyclic) bond motifs is 1. The number of carbonyl (C=O) groups is 1. The Bertz CT molecular complexity index is 362. The van der Waals surface area contributed by atoms with Gasteiger partial charge in [-0.2, -0.15) is 0 Å². The van der Waals surface area contributed by atoms with Crippen molar-refractivity contribution < 1.29 is 14.6 Å². The van der Waals surface area contributed by atoms with E-state index in [2.05, 4.69) is 0 Å². The summed E-state index contributed by atoms with van der Waals surface area (Å²) < 4.78 is 5.33. The molecule has 0 aliphatic carbocycles. The molecule has 1 aliphatic rings. The summed E-state index contributed by atoms with van der Waals surface area (Å²) in [6.07, 6.45) is 0.771. The highest BCUT2D eigenvalue weighted by Gasteiger charge is 2.12. The van der Waals surface area contributed by atoms with E-state index in [1.165, 1.54) is 0 Å². The van der Waals surface area contributed by atoms with Crippen molar-refractivity contribution in [3.05, 3.63) is 23.8 Å². The van der Waals surface area contributed by atoms with Gasteiger partial charge in [0.1, 0.15) is 11.7 Å². The molecule has 0 atom stereocenters.